The maximum Gasteiger partial charge on any atom is 0.253 e. The van der Waals surface area contributed by atoms with E-state index in [1.54, 1.807) is 11.9 Å². The fourth-order valence-electron chi connectivity index (χ4n) is 2.97. The molecule has 1 saturated carbocycles. The lowest BCUT2D eigenvalue weighted by Gasteiger charge is -2.27. The van der Waals surface area contributed by atoms with Crippen LogP contribution < -0.4 is 16.0 Å². The number of nitrogens with two attached hydrogens (primary N) is 1. The van der Waals surface area contributed by atoms with Gasteiger partial charge in [-0.2, -0.15) is 0 Å². The third-order valence-corrected chi connectivity index (χ3v) is 4.56. The molecule has 1 aromatic carbocycles. The SMILES string of the molecule is CN(C1CC1)[C@H](C(N)=O)C(=O)Nc1ccc(N2CCOCC2=O)cc1F. The number of amides is 3. The van der Waals surface area contributed by atoms with Gasteiger partial charge in [0.05, 0.1) is 12.3 Å². The molecule has 1 heterocycles. The van der Waals surface area contributed by atoms with Crippen molar-refractivity contribution in [2.45, 2.75) is 24.9 Å². The highest BCUT2D eigenvalue weighted by atomic mass is 19.1. The van der Waals surface area contributed by atoms with E-state index in [4.69, 9.17) is 10.5 Å². The van der Waals surface area contributed by atoms with Crippen molar-refractivity contribution in [2.24, 2.45) is 5.73 Å². The van der Waals surface area contributed by atoms with Crippen LogP contribution in [0.4, 0.5) is 15.8 Å². The molecule has 0 spiro atoms. The number of nitrogens with one attached hydrogen (secondary N) is 1. The van der Waals surface area contributed by atoms with E-state index in [1.807, 2.05) is 0 Å². The van der Waals surface area contributed by atoms with Gasteiger partial charge >= 0.3 is 0 Å². The fourth-order valence-corrected chi connectivity index (χ4v) is 2.97. The Morgan fingerprint density at radius 3 is 2.73 bits per heavy atom. The number of primary amides is 1. The number of morpholine rings is 1. The average Bonchev–Trinajstić information content (AvgIpc) is 3.42. The predicted octanol–water partition coefficient (Wildman–Crippen LogP) is 0.0755. The maximum atomic E-state index is 14.4. The second-order valence-electron chi connectivity index (χ2n) is 6.45. The monoisotopic (exact) mass is 364 g/mol. The summed E-state index contributed by atoms with van der Waals surface area (Å²) in [7, 11) is 1.65. The lowest BCUT2D eigenvalue weighted by Crippen LogP contribution is -2.51. The first-order valence-corrected chi connectivity index (χ1v) is 8.38. The molecule has 1 aliphatic carbocycles. The Kier molecular flexibility index (Phi) is 5.19. The van der Waals surface area contributed by atoms with Crippen molar-refractivity contribution in [1.82, 2.24) is 4.90 Å². The minimum absolute atomic E-state index is 0.0477. The number of carbonyl (C=O) groups excluding carboxylic acids is 3. The number of anilines is 2. The molecule has 3 amide bonds. The van der Waals surface area contributed by atoms with Crippen molar-refractivity contribution in [3.05, 3.63) is 24.0 Å². The molecule has 8 nitrogen and oxygen atoms in total. The van der Waals surface area contributed by atoms with E-state index in [2.05, 4.69) is 5.32 Å². The highest BCUT2D eigenvalue weighted by molar-refractivity contribution is 6.09. The lowest BCUT2D eigenvalue weighted by molar-refractivity contribution is -0.132. The smallest absolute Gasteiger partial charge is 0.253 e. The van der Waals surface area contributed by atoms with Gasteiger partial charge in [0, 0.05) is 18.3 Å². The van der Waals surface area contributed by atoms with Gasteiger partial charge in [-0.1, -0.05) is 0 Å². The summed E-state index contributed by atoms with van der Waals surface area (Å²) in [6.07, 6.45) is 1.79. The van der Waals surface area contributed by atoms with Gasteiger partial charge in [0.25, 0.3) is 11.8 Å². The third kappa shape index (κ3) is 3.83. The first kappa shape index (κ1) is 18.3. The molecule has 1 aliphatic heterocycles. The Balaban J connectivity index is 1.73. The molecular weight excluding hydrogens is 343 g/mol. The zero-order valence-corrected chi connectivity index (χ0v) is 14.4. The number of hydrogen-bond donors (Lipinski definition) is 2. The standard InChI is InChI=1S/C17H21FN4O4/c1-21(10-2-3-10)15(16(19)24)17(25)20-13-5-4-11(8-12(13)18)22-6-7-26-9-14(22)23/h4-5,8,10,15H,2-3,6-7,9H2,1H3,(H2,19,24)(H,20,25)/t15-/m1/s1. The normalized spacial score (nSPS) is 18.7. The molecule has 3 N–H and O–H groups in total. The van der Waals surface area contributed by atoms with Crippen molar-refractivity contribution in [2.75, 3.05) is 37.0 Å². The Hall–Kier alpha value is -2.52. The highest BCUT2D eigenvalue weighted by Gasteiger charge is 2.38. The van der Waals surface area contributed by atoms with Crippen LogP contribution in [0.25, 0.3) is 0 Å². The van der Waals surface area contributed by atoms with Gasteiger partial charge in [0.2, 0.25) is 5.91 Å². The Bertz CT molecular complexity index is 737. The van der Waals surface area contributed by atoms with E-state index < -0.39 is 23.7 Å². The highest BCUT2D eigenvalue weighted by Crippen LogP contribution is 2.28. The van der Waals surface area contributed by atoms with Crippen molar-refractivity contribution in [3.63, 3.8) is 0 Å². The number of hydrogen-bond acceptors (Lipinski definition) is 5. The molecule has 2 fully saturated rings. The van der Waals surface area contributed by atoms with Crippen molar-refractivity contribution in [1.29, 1.82) is 0 Å². The number of ether oxygens (including phenoxy) is 1. The van der Waals surface area contributed by atoms with Crippen molar-refractivity contribution < 1.29 is 23.5 Å². The molecule has 140 valence electrons. The fraction of sp³-hybridized carbons (Fsp3) is 0.471. The van der Waals surface area contributed by atoms with E-state index in [1.165, 1.54) is 23.1 Å². The Morgan fingerprint density at radius 1 is 1.42 bits per heavy atom. The van der Waals surface area contributed by atoms with Crippen molar-refractivity contribution in [3.8, 4) is 0 Å². The molecule has 0 unspecified atom stereocenters. The average molecular weight is 364 g/mol. The summed E-state index contributed by atoms with van der Waals surface area (Å²) in [6.45, 7) is 0.660. The summed E-state index contributed by atoms with van der Waals surface area (Å²) >= 11 is 0. The quantitative estimate of drug-likeness (QED) is 0.696. The van der Waals surface area contributed by atoms with Crippen LogP contribution in [0.15, 0.2) is 18.2 Å². The minimum Gasteiger partial charge on any atom is -0.370 e. The molecule has 0 bridgehead atoms. The van der Waals surface area contributed by atoms with E-state index in [0.717, 1.165) is 12.8 Å². The van der Waals surface area contributed by atoms with E-state index in [9.17, 15) is 18.8 Å². The molecule has 2 aliphatic rings. The van der Waals surface area contributed by atoms with Crippen LogP contribution in [-0.2, 0) is 19.1 Å². The van der Waals surface area contributed by atoms with E-state index >= 15 is 0 Å². The summed E-state index contributed by atoms with van der Waals surface area (Å²) < 4.78 is 19.5. The molecule has 1 atom stereocenters. The van der Waals surface area contributed by atoms with Gasteiger partial charge < -0.3 is 20.7 Å². The van der Waals surface area contributed by atoms with Crippen LogP contribution in [0.5, 0.6) is 0 Å². The van der Waals surface area contributed by atoms with Gasteiger partial charge in [-0.15, -0.1) is 0 Å². The number of likely N-dealkylation sites (N-methyl/N-ethyl adjacent to an activating group) is 1. The van der Waals surface area contributed by atoms with Crippen LogP contribution in [0.2, 0.25) is 0 Å². The van der Waals surface area contributed by atoms with Gasteiger partial charge in [-0.05, 0) is 38.1 Å². The molecule has 3 rings (SSSR count). The number of halogens is 1. The van der Waals surface area contributed by atoms with Crippen molar-refractivity contribution >= 4 is 29.1 Å². The summed E-state index contributed by atoms with van der Waals surface area (Å²) in [4.78, 5) is 38.9. The largest absolute Gasteiger partial charge is 0.370 e. The van der Waals surface area contributed by atoms with E-state index in [0.29, 0.717) is 18.8 Å². The zero-order valence-electron chi connectivity index (χ0n) is 14.4. The Morgan fingerprint density at radius 2 is 2.15 bits per heavy atom. The van der Waals surface area contributed by atoms with Crippen LogP contribution >= 0.6 is 0 Å². The minimum atomic E-state index is -1.16. The number of rotatable bonds is 6. The number of benzene rings is 1. The summed E-state index contributed by atoms with van der Waals surface area (Å²) in [5.74, 6) is -2.42. The topological polar surface area (TPSA) is 105 Å². The molecule has 1 aromatic rings. The van der Waals surface area contributed by atoms with Crippen LogP contribution in [0.1, 0.15) is 12.8 Å². The lowest BCUT2D eigenvalue weighted by atomic mass is 10.2. The maximum absolute atomic E-state index is 14.4. The molecule has 26 heavy (non-hydrogen) atoms. The number of carbonyl (C=O) groups is 3. The first-order chi connectivity index (χ1) is 12.4. The van der Waals surface area contributed by atoms with Crippen LogP contribution in [0, 0.1) is 5.82 Å². The summed E-state index contributed by atoms with van der Waals surface area (Å²) in [6, 6.07) is 3.04. The molecule has 0 aromatic heterocycles. The molecule has 0 radical (unpaired) electrons. The van der Waals surface area contributed by atoms with Gasteiger partial charge in [0.1, 0.15) is 12.4 Å². The molecule has 1 saturated heterocycles. The molecular formula is C17H21FN4O4. The summed E-state index contributed by atoms with van der Waals surface area (Å²) in [5.41, 5.74) is 5.65. The van der Waals surface area contributed by atoms with Gasteiger partial charge in [-0.3, -0.25) is 19.3 Å². The third-order valence-electron chi connectivity index (χ3n) is 4.56. The van der Waals surface area contributed by atoms with E-state index in [-0.39, 0.29) is 24.2 Å². The second-order valence-corrected chi connectivity index (χ2v) is 6.45. The molecule has 9 heteroatoms. The Labute approximate surface area is 150 Å². The number of nitrogens with zero attached hydrogens (tertiary/aromatic N) is 2. The zero-order chi connectivity index (χ0) is 18.8. The van der Waals surface area contributed by atoms with Crippen LogP contribution in [0.3, 0.4) is 0 Å². The van der Waals surface area contributed by atoms with Gasteiger partial charge in [0.15, 0.2) is 6.04 Å². The van der Waals surface area contributed by atoms with Crippen LogP contribution in [-0.4, -0.2) is 61.5 Å². The van der Waals surface area contributed by atoms with Gasteiger partial charge in [-0.25, -0.2) is 4.39 Å². The second kappa shape index (κ2) is 7.38. The summed E-state index contributed by atoms with van der Waals surface area (Å²) in [5, 5.41) is 2.41. The predicted molar refractivity (Wildman–Crippen MR) is 92.0 cm³/mol. The first-order valence-electron chi connectivity index (χ1n) is 8.38.